The van der Waals surface area contributed by atoms with Crippen LogP contribution in [0.5, 0.6) is 0 Å². The molecule has 0 spiro atoms. The molecule has 140 valence electrons. The molecule has 2 rings (SSSR count). The summed E-state index contributed by atoms with van der Waals surface area (Å²) in [5.74, 6) is -3.80. The summed E-state index contributed by atoms with van der Waals surface area (Å²) in [6.45, 7) is 3.67. The highest BCUT2D eigenvalue weighted by Crippen LogP contribution is 2.18. The number of rotatable bonds is 7. The van der Waals surface area contributed by atoms with Crippen molar-refractivity contribution in [1.29, 1.82) is 0 Å². The van der Waals surface area contributed by atoms with Crippen LogP contribution in [0.25, 0.3) is 0 Å². The Morgan fingerprint density at radius 1 is 1.08 bits per heavy atom. The fourth-order valence-corrected chi connectivity index (χ4v) is 3.59. The molecule has 1 amide bonds. The van der Waals surface area contributed by atoms with Crippen molar-refractivity contribution in [3.63, 3.8) is 0 Å². The smallest absolute Gasteiger partial charge is 0.341 e. The van der Waals surface area contributed by atoms with Crippen molar-refractivity contribution in [2.24, 2.45) is 0 Å². The number of nitrogens with one attached hydrogen (secondary N) is 1. The molecular formula is C17H24F2N2O3S. The van der Waals surface area contributed by atoms with E-state index in [0.717, 1.165) is 38.2 Å². The summed E-state index contributed by atoms with van der Waals surface area (Å²) in [5.41, 5.74) is 0.253. The summed E-state index contributed by atoms with van der Waals surface area (Å²) >= 11 is 0. The lowest BCUT2D eigenvalue weighted by Crippen LogP contribution is -2.30. The number of carbonyl (C=O) groups excluding carboxylic acids is 1. The number of sulfone groups is 1. The Morgan fingerprint density at radius 2 is 1.68 bits per heavy atom. The summed E-state index contributed by atoms with van der Waals surface area (Å²) in [5, 5.41) is 2.77. The monoisotopic (exact) mass is 374 g/mol. The van der Waals surface area contributed by atoms with Gasteiger partial charge in [-0.25, -0.2) is 8.42 Å². The van der Waals surface area contributed by atoms with E-state index in [-0.39, 0.29) is 11.5 Å². The molecule has 25 heavy (non-hydrogen) atoms. The molecule has 8 heteroatoms. The van der Waals surface area contributed by atoms with Gasteiger partial charge < -0.3 is 10.2 Å². The second kappa shape index (κ2) is 9.24. The minimum Gasteiger partial charge on any atom is -0.352 e. The number of amides is 1. The average Bonchev–Trinajstić information content (AvgIpc) is 2.87. The van der Waals surface area contributed by atoms with E-state index in [2.05, 4.69) is 10.2 Å². The Morgan fingerprint density at radius 3 is 2.24 bits per heavy atom. The number of hydrogen-bond donors (Lipinski definition) is 1. The fourth-order valence-electron chi connectivity index (χ4n) is 2.87. The topological polar surface area (TPSA) is 66.5 Å². The standard InChI is InChI=1S/C17H24F2N2O3S/c18-17(19)25(23,24)15-8-6-14(7-9-15)16(22)20-10-5-13-21-11-3-1-2-4-12-21/h6-9,17H,1-5,10-13H2,(H,20,22). The van der Waals surface area contributed by atoms with Crippen molar-refractivity contribution < 1.29 is 22.0 Å². The molecule has 1 N–H and O–H groups in total. The van der Waals surface area contributed by atoms with Gasteiger partial charge in [0.05, 0.1) is 4.90 Å². The van der Waals surface area contributed by atoms with Crippen molar-refractivity contribution in [2.75, 3.05) is 26.2 Å². The van der Waals surface area contributed by atoms with Gasteiger partial charge in [-0.3, -0.25) is 4.79 Å². The second-order valence-corrected chi connectivity index (χ2v) is 8.11. The predicted molar refractivity (Wildman–Crippen MR) is 91.5 cm³/mol. The van der Waals surface area contributed by atoms with Crippen LogP contribution in [0.4, 0.5) is 8.78 Å². The SMILES string of the molecule is O=C(NCCCN1CCCCCC1)c1ccc(S(=O)(=O)C(F)F)cc1. The third kappa shape index (κ3) is 5.74. The van der Waals surface area contributed by atoms with Crippen molar-refractivity contribution in [3.8, 4) is 0 Å². The van der Waals surface area contributed by atoms with Crippen LogP contribution >= 0.6 is 0 Å². The van der Waals surface area contributed by atoms with Crippen LogP contribution in [0.1, 0.15) is 42.5 Å². The van der Waals surface area contributed by atoms with E-state index in [0.29, 0.717) is 6.54 Å². The van der Waals surface area contributed by atoms with Crippen molar-refractivity contribution >= 4 is 15.7 Å². The number of hydrogen-bond acceptors (Lipinski definition) is 4. The van der Waals surface area contributed by atoms with Gasteiger partial charge in [0.1, 0.15) is 0 Å². The third-order valence-corrected chi connectivity index (χ3v) is 5.71. The first kappa shape index (κ1) is 19.8. The number of nitrogens with zero attached hydrogens (tertiary/aromatic N) is 1. The molecule has 0 unspecified atom stereocenters. The Balaban J connectivity index is 1.79. The van der Waals surface area contributed by atoms with Crippen LogP contribution in [0.15, 0.2) is 29.2 Å². The summed E-state index contributed by atoms with van der Waals surface area (Å²) in [6.07, 6.45) is 5.85. The average molecular weight is 374 g/mol. The van der Waals surface area contributed by atoms with Crippen LogP contribution in [0.2, 0.25) is 0 Å². The van der Waals surface area contributed by atoms with E-state index in [1.165, 1.54) is 37.8 Å². The number of likely N-dealkylation sites (tertiary alicyclic amines) is 1. The van der Waals surface area contributed by atoms with E-state index in [1.807, 2.05) is 0 Å². The first-order chi connectivity index (χ1) is 11.9. The molecule has 0 aliphatic carbocycles. The van der Waals surface area contributed by atoms with E-state index in [1.54, 1.807) is 0 Å². The van der Waals surface area contributed by atoms with Crippen LogP contribution in [-0.4, -0.2) is 51.2 Å². The minimum absolute atomic E-state index is 0.253. The Hall–Kier alpha value is -1.54. The maximum absolute atomic E-state index is 12.5. The fraction of sp³-hybridized carbons (Fsp3) is 0.588. The predicted octanol–water partition coefficient (Wildman–Crippen LogP) is 2.68. The van der Waals surface area contributed by atoms with Gasteiger partial charge in [0, 0.05) is 12.1 Å². The largest absolute Gasteiger partial charge is 0.352 e. The molecule has 0 aromatic heterocycles. The zero-order valence-corrected chi connectivity index (χ0v) is 14.9. The molecular weight excluding hydrogens is 350 g/mol. The number of halogens is 2. The van der Waals surface area contributed by atoms with Gasteiger partial charge in [-0.05, 0) is 63.2 Å². The van der Waals surface area contributed by atoms with Crippen molar-refractivity contribution in [3.05, 3.63) is 29.8 Å². The van der Waals surface area contributed by atoms with E-state index in [4.69, 9.17) is 0 Å². The molecule has 5 nitrogen and oxygen atoms in total. The molecule has 1 heterocycles. The lowest BCUT2D eigenvalue weighted by Gasteiger charge is -2.19. The van der Waals surface area contributed by atoms with E-state index < -0.39 is 20.5 Å². The van der Waals surface area contributed by atoms with Gasteiger partial charge in [0.25, 0.3) is 5.91 Å². The molecule has 1 aromatic rings. The number of carbonyl (C=O) groups is 1. The molecule has 0 atom stereocenters. The molecule has 0 saturated carbocycles. The second-order valence-electron chi connectivity index (χ2n) is 6.20. The molecule has 1 fully saturated rings. The van der Waals surface area contributed by atoms with Crippen LogP contribution < -0.4 is 5.32 Å². The first-order valence-corrected chi connectivity index (χ1v) is 10.1. The van der Waals surface area contributed by atoms with E-state index in [9.17, 15) is 22.0 Å². The summed E-state index contributed by atoms with van der Waals surface area (Å²) < 4.78 is 47.6. The Kier molecular flexibility index (Phi) is 7.31. The van der Waals surface area contributed by atoms with Gasteiger partial charge in [-0.2, -0.15) is 8.78 Å². The maximum atomic E-state index is 12.5. The quantitative estimate of drug-likeness (QED) is 0.745. The highest BCUT2D eigenvalue weighted by Gasteiger charge is 2.26. The van der Waals surface area contributed by atoms with Gasteiger partial charge in [0.15, 0.2) is 0 Å². The molecule has 1 saturated heterocycles. The van der Waals surface area contributed by atoms with Gasteiger partial charge in [-0.15, -0.1) is 0 Å². The van der Waals surface area contributed by atoms with Crippen LogP contribution in [0, 0.1) is 0 Å². The molecule has 0 bridgehead atoms. The normalized spacial score (nSPS) is 16.6. The van der Waals surface area contributed by atoms with Crippen molar-refractivity contribution in [1.82, 2.24) is 10.2 Å². The summed E-state index contributed by atoms with van der Waals surface area (Å²) in [4.78, 5) is 13.9. The Labute approximate surface area is 147 Å². The van der Waals surface area contributed by atoms with Crippen LogP contribution in [-0.2, 0) is 9.84 Å². The highest BCUT2D eigenvalue weighted by molar-refractivity contribution is 7.91. The lowest BCUT2D eigenvalue weighted by molar-refractivity contribution is 0.0951. The zero-order chi connectivity index (χ0) is 18.3. The van der Waals surface area contributed by atoms with E-state index >= 15 is 0 Å². The first-order valence-electron chi connectivity index (χ1n) is 8.54. The van der Waals surface area contributed by atoms with Crippen molar-refractivity contribution in [2.45, 2.75) is 42.8 Å². The molecule has 1 aliphatic rings. The summed E-state index contributed by atoms with van der Waals surface area (Å²) in [6, 6.07) is 4.57. The van der Waals surface area contributed by atoms with Crippen LogP contribution in [0.3, 0.4) is 0 Å². The molecule has 0 radical (unpaired) electrons. The lowest BCUT2D eigenvalue weighted by atomic mass is 10.2. The molecule has 1 aromatic carbocycles. The summed E-state index contributed by atoms with van der Waals surface area (Å²) in [7, 11) is -4.63. The number of benzene rings is 1. The van der Waals surface area contributed by atoms with Gasteiger partial charge in [0.2, 0.25) is 9.84 Å². The maximum Gasteiger partial charge on any atom is 0.341 e. The highest BCUT2D eigenvalue weighted by atomic mass is 32.2. The number of alkyl halides is 2. The Bertz CT molecular complexity index is 655. The molecule has 1 aliphatic heterocycles. The zero-order valence-electron chi connectivity index (χ0n) is 14.1. The minimum atomic E-state index is -4.63. The van der Waals surface area contributed by atoms with Gasteiger partial charge in [-0.1, -0.05) is 12.8 Å². The van der Waals surface area contributed by atoms with Gasteiger partial charge >= 0.3 is 5.76 Å². The third-order valence-electron chi connectivity index (χ3n) is 4.31.